The lowest BCUT2D eigenvalue weighted by Crippen LogP contribution is -2.00. The predicted molar refractivity (Wildman–Crippen MR) is 109 cm³/mol. The van der Waals surface area contributed by atoms with Crippen LogP contribution >= 0.6 is 23.4 Å². The van der Waals surface area contributed by atoms with Crippen LogP contribution in [0.2, 0.25) is 5.02 Å². The Morgan fingerprint density at radius 1 is 1.11 bits per heavy atom. The van der Waals surface area contributed by atoms with Gasteiger partial charge in [0.05, 0.1) is 17.8 Å². The molecule has 28 heavy (non-hydrogen) atoms. The van der Waals surface area contributed by atoms with Gasteiger partial charge in [0.15, 0.2) is 11.0 Å². The standard InChI is InChI=1S/C20H17ClN4O2S/c1-13-11-14(24-27-13)12-28-20-23-22-19(17-5-3-4-6-18(17)21)25(20)15-7-9-16(26-2)10-8-15/h3-11H,12H2,1-2H3. The Balaban J connectivity index is 1.76. The first-order valence-electron chi connectivity index (χ1n) is 8.55. The molecule has 0 aliphatic heterocycles. The van der Waals surface area contributed by atoms with Gasteiger partial charge in [-0.2, -0.15) is 0 Å². The van der Waals surface area contributed by atoms with E-state index in [1.807, 2.05) is 66.1 Å². The summed E-state index contributed by atoms with van der Waals surface area (Å²) < 4.78 is 12.4. The van der Waals surface area contributed by atoms with Crippen LogP contribution in [0.5, 0.6) is 5.75 Å². The summed E-state index contributed by atoms with van der Waals surface area (Å²) in [6.45, 7) is 1.87. The van der Waals surface area contributed by atoms with Crippen molar-refractivity contribution in [3.05, 3.63) is 71.1 Å². The third-order valence-corrected chi connectivity index (χ3v) is 5.40. The van der Waals surface area contributed by atoms with E-state index in [1.54, 1.807) is 7.11 Å². The summed E-state index contributed by atoms with van der Waals surface area (Å²) in [6.07, 6.45) is 0. The number of hydrogen-bond donors (Lipinski definition) is 0. The third-order valence-electron chi connectivity index (χ3n) is 4.10. The van der Waals surface area contributed by atoms with Crippen LogP contribution in [-0.2, 0) is 5.75 Å². The van der Waals surface area contributed by atoms with Gasteiger partial charge in [-0.3, -0.25) is 4.57 Å². The number of ether oxygens (including phenoxy) is 1. The average molecular weight is 413 g/mol. The van der Waals surface area contributed by atoms with Crippen LogP contribution in [0.15, 0.2) is 64.3 Å². The summed E-state index contributed by atoms with van der Waals surface area (Å²) in [7, 11) is 1.64. The zero-order valence-electron chi connectivity index (χ0n) is 15.3. The van der Waals surface area contributed by atoms with Gasteiger partial charge in [0.2, 0.25) is 0 Å². The summed E-state index contributed by atoms with van der Waals surface area (Å²) >= 11 is 7.95. The van der Waals surface area contributed by atoms with Gasteiger partial charge >= 0.3 is 0 Å². The zero-order chi connectivity index (χ0) is 19.5. The maximum Gasteiger partial charge on any atom is 0.196 e. The predicted octanol–water partition coefficient (Wildman–Crippen LogP) is 5.19. The van der Waals surface area contributed by atoms with Crippen LogP contribution in [0.3, 0.4) is 0 Å². The smallest absolute Gasteiger partial charge is 0.196 e. The van der Waals surface area contributed by atoms with Gasteiger partial charge in [-0.1, -0.05) is 40.7 Å². The lowest BCUT2D eigenvalue weighted by Gasteiger charge is -2.11. The van der Waals surface area contributed by atoms with Gasteiger partial charge in [-0.05, 0) is 43.3 Å². The molecule has 6 nitrogen and oxygen atoms in total. The first kappa shape index (κ1) is 18.6. The summed E-state index contributed by atoms with van der Waals surface area (Å²) in [4.78, 5) is 0. The first-order valence-corrected chi connectivity index (χ1v) is 9.92. The fourth-order valence-electron chi connectivity index (χ4n) is 2.77. The van der Waals surface area contributed by atoms with Gasteiger partial charge < -0.3 is 9.26 Å². The SMILES string of the molecule is COc1ccc(-n2c(SCc3cc(C)on3)nnc2-c2ccccc2Cl)cc1. The molecule has 0 N–H and O–H groups in total. The molecule has 2 aromatic heterocycles. The number of thioether (sulfide) groups is 1. The van der Waals surface area contributed by atoms with E-state index in [0.717, 1.165) is 33.6 Å². The molecule has 8 heteroatoms. The topological polar surface area (TPSA) is 66.0 Å². The monoisotopic (exact) mass is 412 g/mol. The van der Waals surface area contributed by atoms with E-state index in [4.69, 9.17) is 20.9 Å². The number of aryl methyl sites for hydroxylation is 1. The highest BCUT2D eigenvalue weighted by Gasteiger charge is 2.18. The van der Waals surface area contributed by atoms with Crippen molar-refractivity contribution in [1.82, 2.24) is 19.9 Å². The number of methoxy groups -OCH3 is 1. The first-order chi connectivity index (χ1) is 13.7. The fourth-order valence-corrected chi connectivity index (χ4v) is 3.82. The van der Waals surface area contributed by atoms with Crippen molar-refractivity contribution in [3.63, 3.8) is 0 Å². The highest BCUT2D eigenvalue weighted by atomic mass is 35.5. The molecule has 0 aliphatic carbocycles. The zero-order valence-corrected chi connectivity index (χ0v) is 16.9. The summed E-state index contributed by atoms with van der Waals surface area (Å²) in [5.41, 5.74) is 2.59. The van der Waals surface area contributed by atoms with Crippen LogP contribution < -0.4 is 4.74 Å². The second kappa shape index (κ2) is 8.08. The van der Waals surface area contributed by atoms with E-state index < -0.39 is 0 Å². The van der Waals surface area contributed by atoms with Crippen molar-refractivity contribution in [2.75, 3.05) is 7.11 Å². The van der Waals surface area contributed by atoms with Gasteiger partial charge in [-0.15, -0.1) is 10.2 Å². The largest absolute Gasteiger partial charge is 0.497 e. The number of halogens is 1. The van der Waals surface area contributed by atoms with Crippen molar-refractivity contribution in [3.8, 4) is 22.8 Å². The van der Waals surface area contributed by atoms with E-state index in [-0.39, 0.29) is 0 Å². The van der Waals surface area contributed by atoms with Gasteiger partial charge in [0, 0.05) is 23.1 Å². The number of hydrogen-bond acceptors (Lipinski definition) is 6. The van der Waals surface area contributed by atoms with Crippen molar-refractivity contribution in [2.45, 2.75) is 17.8 Å². The minimum absolute atomic E-state index is 0.619. The Morgan fingerprint density at radius 3 is 2.57 bits per heavy atom. The highest BCUT2D eigenvalue weighted by molar-refractivity contribution is 7.98. The molecule has 4 rings (SSSR count). The summed E-state index contributed by atoms with van der Waals surface area (Å²) in [6, 6.07) is 17.2. The van der Waals surface area contributed by atoms with Gasteiger partial charge in [0.1, 0.15) is 11.5 Å². The van der Waals surface area contributed by atoms with Crippen molar-refractivity contribution < 1.29 is 9.26 Å². The number of nitrogens with zero attached hydrogens (tertiary/aromatic N) is 4. The molecule has 2 heterocycles. The molecule has 142 valence electrons. The fraction of sp³-hybridized carbons (Fsp3) is 0.150. The summed E-state index contributed by atoms with van der Waals surface area (Å²) in [5.74, 6) is 2.86. The molecular weight excluding hydrogens is 396 g/mol. The molecule has 0 atom stereocenters. The molecule has 2 aromatic carbocycles. The normalized spacial score (nSPS) is 11.0. The Kier molecular flexibility index (Phi) is 5.36. The number of rotatable bonds is 6. The molecule has 0 fully saturated rings. The lowest BCUT2D eigenvalue weighted by atomic mass is 10.2. The molecular formula is C20H17ClN4O2S. The molecule has 4 aromatic rings. The molecule has 0 spiro atoms. The minimum atomic E-state index is 0.619. The number of benzene rings is 2. The highest BCUT2D eigenvalue weighted by Crippen LogP contribution is 2.33. The lowest BCUT2D eigenvalue weighted by molar-refractivity contribution is 0.393. The quantitative estimate of drug-likeness (QED) is 0.406. The second-order valence-corrected chi connectivity index (χ2v) is 7.39. The van der Waals surface area contributed by atoms with E-state index >= 15 is 0 Å². The van der Waals surface area contributed by atoms with Crippen molar-refractivity contribution in [2.24, 2.45) is 0 Å². The van der Waals surface area contributed by atoms with Gasteiger partial charge in [0.25, 0.3) is 0 Å². The van der Waals surface area contributed by atoms with Crippen LogP contribution in [0, 0.1) is 6.92 Å². The maximum absolute atomic E-state index is 6.42. The van der Waals surface area contributed by atoms with E-state index in [0.29, 0.717) is 16.6 Å². The van der Waals surface area contributed by atoms with Crippen LogP contribution in [-0.4, -0.2) is 27.0 Å². The Labute approximate surface area is 171 Å². The van der Waals surface area contributed by atoms with Crippen LogP contribution in [0.4, 0.5) is 0 Å². The maximum atomic E-state index is 6.42. The molecule has 0 saturated heterocycles. The van der Waals surface area contributed by atoms with E-state index in [2.05, 4.69) is 15.4 Å². The van der Waals surface area contributed by atoms with E-state index in [9.17, 15) is 0 Å². The second-order valence-electron chi connectivity index (χ2n) is 6.04. The summed E-state index contributed by atoms with van der Waals surface area (Å²) in [5, 5.41) is 14.2. The average Bonchev–Trinajstić information content (AvgIpc) is 3.33. The molecule has 0 radical (unpaired) electrons. The Hall–Kier alpha value is -2.77. The Bertz CT molecular complexity index is 1090. The molecule has 0 aliphatic rings. The molecule has 0 bridgehead atoms. The molecule has 0 saturated carbocycles. The molecule has 0 unspecified atom stereocenters. The molecule has 0 amide bonds. The van der Waals surface area contributed by atoms with E-state index in [1.165, 1.54) is 11.8 Å². The number of aromatic nitrogens is 4. The Morgan fingerprint density at radius 2 is 1.89 bits per heavy atom. The third kappa shape index (κ3) is 3.76. The minimum Gasteiger partial charge on any atom is -0.497 e. The van der Waals surface area contributed by atoms with Gasteiger partial charge in [-0.25, -0.2) is 0 Å². The van der Waals surface area contributed by atoms with Crippen LogP contribution in [0.25, 0.3) is 17.1 Å². The van der Waals surface area contributed by atoms with Crippen LogP contribution in [0.1, 0.15) is 11.5 Å². The van der Waals surface area contributed by atoms with Crippen molar-refractivity contribution in [1.29, 1.82) is 0 Å². The van der Waals surface area contributed by atoms with Crippen molar-refractivity contribution >= 4 is 23.4 Å².